The third-order valence-corrected chi connectivity index (χ3v) is 4.87. The van der Waals surface area contributed by atoms with Crippen LogP contribution in [0.1, 0.15) is 10.4 Å². The Labute approximate surface area is 166 Å². The van der Waals surface area contributed by atoms with E-state index in [1.807, 2.05) is 0 Å². The maximum Gasteiger partial charge on any atom is 0.340 e. The van der Waals surface area contributed by atoms with Crippen molar-refractivity contribution < 1.29 is 18.7 Å². The number of benzene rings is 2. The number of piperazine rings is 1. The Morgan fingerprint density at radius 3 is 2.45 bits per heavy atom. The number of hydrogen-bond donors (Lipinski definition) is 0. The summed E-state index contributed by atoms with van der Waals surface area (Å²) in [6.45, 7) is 1.95. The first kappa shape index (κ1) is 18.8. The molecule has 1 aromatic heterocycles. The molecule has 2 aromatic carbocycles. The molecule has 0 unspecified atom stereocenters. The molecule has 0 radical (unpaired) electrons. The molecule has 0 N–H and O–H groups in total. The Bertz CT molecular complexity index is 1030. The van der Waals surface area contributed by atoms with Gasteiger partial charge in [0.05, 0.1) is 11.1 Å². The number of hydrogen-bond acceptors (Lipinski definition) is 6. The van der Waals surface area contributed by atoms with Gasteiger partial charge >= 0.3 is 5.97 Å². The van der Waals surface area contributed by atoms with Gasteiger partial charge in [0.2, 0.25) is 0 Å². The third kappa shape index (κ3) is 4.16. The van der Waals surface area contributed by atoms with Gasteiger partial charge in [0, 0.05) is 44.3 Å². The monoisotopic (exact) mass is 394 g/mol. The fraction of sp³-hybridized carbons (Fsp3) is 0.238. The van der Waals surface area contributed by atoms with E-state index in [4.69, 9.17) is 4.74 Å². The van der Waals surface area contributed by atoms with Crippen molar-refractivity contribution in [1.82, 2.24) is 14.9 Å². The number of carbonyl (C=O) groups is 2. The molecular weight excluding hydrogens is 375 g/mol. The molecule has 0 saturated carbocycles. The van der Waals surface area contributed by atoms with E-state index in [0.717, 1.165) is 5.69 Å². The molecule has 1 saturated heterocycles. The first-order valence-electron chi connectivity index (χ1n) is 9.27. The molecule has 7 nitrogen and oxygen atoms in total. The molecule has 2 heterocycles. The number of rotatable bonds is 4. The highest BCUT2D eigenvalue weighted by Gasteiger charge is 2.23. The second-order valence-electron chi connectivity index (χ2n) is 6.65. The van der Waals surface area contributed by atoms with Crippen LogP contribution in [-0.2, 0) is 9.53 Å². The summed E-state index contributed by atoms with van der Waals surface area (Å²) in [4.78, 5) is 36.9. The Hall–Kier alpha value is -3.55. The number of para-hydroxylation sites is 1. The van der Waals surface area contributed by atoms with E-state index in [-0.39, 0.29) is 23.9 Å². The SMILES string of the molecule is O=C(OCC(=O)N1CCN(c2ccc(F)cc2)CC1)c1cccc2nccnc12. The van der Waals surface area contributed by atoms with Crippen molar-refractivity contribution in [1.29, 1.82) is 0 Å². The van der Waals surface area contributed by atoms with E-state index in [1.54, 1.807) is 41.4 Å². The zero-order valence-electron chi connectivity index (χ0n) is 15.6. The molecule has 8 heteroatoms. The highest BCUT2D eigenvalue weighted by Crippen LogP contribution is 2.18. The molecule has 0 spiro atoms. The summed E-state index contributed by atoms with van der Waals surface area (Å²) in [5, 5.41) is 0. The molecule has 1 aliphatic rings. The lowest BCUT2D eigenvalue weighted by molar-refractivity contribution is -0.134. The molecule has 1 aliphatic heterocycles. The van der Waals surface area contributed by atoms with Gasteiger partial charge in [-0.15, -0.1) is 0 Å². The Kier molecular flexibility index (Phi) is 5.33. The summed E-state index contributed by atoms with van der Waals surface area (Å²) in [6.07, 6.45) is 3.05. The quantitative estimate of drug-likeness (QED) is 0.632. The number of aromatic nitrogens is 2. The first-order valence-corrected chi connectivity index (χ1v) is 9.27. The number of carbonyl (C=O) groups excluding carboxylic acids is 2. The molecular formula is C21H19FN4O3. The number of ether oxygens (including phenoxy) is 1. The van der Waals surface area contributed by atoms with Crippen LogP contribution < -0.4 is 4.90 Å². The van der Waals surface area contributed by atoms with Gasteiger partial charge in [-0.1, -0.05) is 6.07 Å². The van der Waals surface area contributed by atoms with Gasteiger partial charge in [-0.3, -0.25) is 14.8 Å². The molecule has 29 heavy (non-hydrogen) atoms. The highest BCUT2D eigenvalue weighted by molar-refractivity contribution is 6.02. The van der Waals surface area contributed by atoms with Gasteiger partial charge in [0.1, 0.15) is 11.3 Å². The molecule has 1 fully saturated rings. The molecule has 3 aromatic rings. The number of esters is 1. The zero-order chi connectivity index (χ0) is 20.2. The predicted molar refractivity (Wildman–Crippen MR) is 105 cm³/mol. The van der Waals surface area contributed by atoms with E-state index in [9.17, 15) is 14.0 Å². The Morgan fingerprint density at radius 2 is 1.69 bits per heavy atom. The fourth-order valence-electron chi connectivity index (χ4n) is 3.32. The van der Waals surface area contributed by atoms with Crippen LogP contribution in [0.15, 0.2) is 54.9 Å². The lowest BCUT2D eigenvalue weighted by atomic mass is 10.2. The summed E-state index contributed by atoms with van der Waals surface area (Å²) in [5.74, 6) is -1.13. The van der Waals surface area contributed by atoms with Crippen LogP contribution in [0.4, 0.5) is 10.1 Å². The lowest BCUT2D eigenvalue weighted by Crippen LogP contribution is -2.49. The third-order valence-electron chi connectivity index (χ3n) is 4.87. The minimum Gasteiger partial charge on any atom is -0.452 e. The van der Waals surface area contributed by atoms with E-state index >= 15 is 0 Å². The van der Waals surface area contributed by atoms with Crippen molar-refractivity contribution in [2.24, 2.45) is 0 Å². The zero-order valence-corrected chi connectivity index (χ0v) is 15.6. The van der Waals surface area contributed by atoms with Crippen molar-refractivity contribution in [2.45, 2.75) is 0 Å². The van der Waals surface area contributed by atoms with E-state index in [1.165, 1.54) is 18.3 Å². The van der Waals surface area contributed by atoms with E-state index < -0.39 is 5.97 Å². The number of fused-ring (bicyclic) bond motifs is 1. The summed E-state index contributed by atoms with van der Waals surface area (Å²) in [5.41, 5.74) is 2.23. The normalized spacial score (nSPS) is 14.1. The minimum atomic E-state index is -0.602. The second kappa shape index (κ2) is 8.22. The summed E-state index contributed by atoms with van der Waals surface area (Å²) < 4.78 is 18.3. The van der Waals surface area contributed by atoms with Gasteiger partial charge in [-0.05, 0) is 36.4 Å². The van der Waals surface area contributed by atoms with Crippen molar-refractivity contribution in [3.63, 3.8) is 0 Å². The van der Waals surface area contributed by atoms with Crippen molar-refractivity contribution in [3.05, 3.63) is 66.2 Å². The summed E-state index contributed by atoms with van der Waals surface area (Å²) in [7, 11) is 0. The molecule has 148 valence electrons. The standard InChI is InChI=1S/C21H19FN4O3/c22-15-4-6-16(7-5-15)25-10-12-26(13-11-25)19(27)14-29-21(28)17-2-1-3-18-20(17)24-9-8-23-18/h1-9H,10-14H2. The smallest absolute Gasteiger partial charge is 0.340 e. The van der Waals surface area contributed by atoms with Crippen molar-refractivity contribution >= 4 is 28.6 Å². The highest BCUT2D eigenvalue weighted by atomic mass is 19.1. The Morgan fingerprint density at radius 1 is 0.966 bits per heavy atom. The fourth-order valence-corrected chi connectivity index (χ4v) is 3.32. The van der Waals surface area contributed by atoms with Gasteiger partial charge in [0.15, 0.2) is 6.61 Å². The van der Waals surface area contributed by atoms with Crippen molar-refractivity contribution in [2.75, 3.05) is 37.7 Å². The summed E-state index contributed by atoms with van der Waals surface area (Å²) in [6, 6.07) is 11.3. The van der Waals surface area contributed by atoms with Crippen LogP contribution >= 0.6 is 0 Å². The Balaban J connectivity index is 1.32. The molecule has 0 atom stereocenters. The van der Waals surface area contributed by atoms with E-state index in [2.05, 4.69) is 14.9 Å². The molecule has 0 bridgehead atoms. The van der Waals surface area contributed by atoms with Crippen LogP contribution in [0.25, 0.3) is 11.0 Å². The van der Waals surface area contributed by atoms with Crippen LogP contribution in [-0.4, -0.2) is 59.5 Å². The number of amides is 1. The van der Waals surface area contributed by atoms with Gasteiger partial charge in [-0.2, -0.15) is 0 Å². The molecule has 1 amide bonds. The predicted octanol–water partition coefficient (Wildman–Crippen LogP) is 2.27. The minimum absolute atomic E-state index is 0.247. The van der Waals surface area contributed by atoms with Gasteiger partial charge < -0.3 is 14.5 Å². The lowest BCUT2D eigenvalue weighted by Gasteiger charge is -2.36. The number of anilines is 1. The average Bonchev–Trinajstić information content (AvgIpc) is 2.77. The topological polar surface area (TPSA) is 75.6 Å². The van der Waals surface area contributed by atoms with Crippen LogP contribution in [0, 0.1) is 5.82 Å². The maximum atomic E-state index is 13.1. The van der Waals surface area contributed by atoms with Crippen molar-refractivity contribution in [3.8, 4) is 0 Å². The number of nitrogens with zero attached hydrogens (tertiary/aromatic N) is 4. The molecule has 4 rings (SSSR count). The average molecular weight is 394 g/mol. The number of halogens is 1. The van der Waals surface area contributed by atoms with E-state index in [0.29, 0.717) is 37.2 Å². The summed E-state index contributed by atoms with van der Waals surface area (Å²) >= 11 is 0. The van der Waals surface area contributed by atoms with Gasteiger partial charge in [0.25, 0.3) is 5.91 Å². The van der Waals surface area contributed by atoms with Crippen LogP contribution in [0.3, 0.4) is 0 Å². The van der Waals surface area contributed by atoms with Crippen LogP contribution in [0.5, 0.6) is 0 Å². The van der Waals surface area contributed by atoms with Gasteiger partial charge in [-0.25, -0.2) is 9.18 Å². The first-order chi connectivity index (χ1) is 14.1. The second-order valence-corrected chi connectivity index (χ2v) is 6.65. The maximum absolute atomic E-state index is 13.1. The molecule has 0 aliphatic carbocycles. The van der Waals surface area contributed by atoms with Crippen LogP contribution in [0.2, 0.25) is 0 Å². The largest absolute Gasteiger partial charge is 0.452 e.